The molecule has 2 rings (SSSR count). The van der Waals surface area contributed by atoms with Crippen LogP contribution in [0.4, 0.5) is 0 Å². The van der Waals surface area contributed by atoms with Crippen LogP contribution in [0.1, 0.15) is 62.6 Å². The lowest BCUT2D eigenvalue weighted by atomic mass is 10.0. The van der Waals surface area contributed by atoms with Crippen molar-refractivity contribution in [3.8, 4) is 0 Å². The van der Waals surface area contributed by atoms with Crippen LogP contribution in [0, 0.1) is 0 Å². The third kappa shape index (κ3) is 15.3. The number of rotatable bonds is 24. The first-order valence-electron chi connectivity index (χ1n) is 16.3. The van der Waals surface area contributed by atoms with Crippen molar-refractivity contribution in [3.63, 3.8) is 0 Å². The summed E-state index contributed by atoms with van der Waals surface area (Å²) in [5, 5.41) is 29.1. The van der Waals surface area contributed by atoms with Crippen molar-refractivity contribution >= 4 is 35.6 Å². The molecule has 0 aliphatic rings. The number of nitrogens with two attached hydrogens (primary N) is 3. The molecule has 2 aromatic rings. The van der Waals surface area contributed by atoms with Crippen LogP contribution in [0.5, 0.6) is 0 Å². The zero-order chi connectivity index (χ0) is 36.2. The number of aromatic nitrogens is 2. The second kappa shape index (κ2) is 21.9. The Balaban J connectivity index is 2.31. The van der Waals surface area contributed by atoms with Gasteiger partial charge in [0.25, 0.3) is 0 Å². The van der Waals surface area contributed by atoms with Gasteiger partial charge in [-0.15, -0.1) is 0 Å². The van der Waals surface area contributed by atoms with Gasteiger partial charge in [-0.2, -0.15) is 0 Å². The van der Waals surface area contributed by atoms with Crippen LogP contribution < -0.4 is 38.5 Å². The Morgan fingerprint density at radius 1 is 0.694 bits per heavy atom. The van der Waals surface area contributed by atoms with Crippen LogP contribution >= 0.6 is 0 Å². The Hall–Kier alpha value is -4.87. The van der Waals surface area contributed by atoms with E-state index in [9.17, 15) is 39.0 Å². The summed E-state index contributed by atoms with van der Waals surface area (Å²) in [7, 11) is 0. The van der Waals surface area contributed by atoms with E-state index in [1.54, 1.807) is 30.3 Å². The number of amides is 4. The molecule has 4 amide bonds. The van der Waals surface area contributed by atoms with Crippen molar-refractivity contribution in [2.24, 2.45) is 17.2 Å². The first-order valence-corrected chi connectivity index (χ1v) is 16.3. The Kier molecular flexibility index (Phi) is 18.0. The number of aromatic amines is 1. The Labute approximate surface area is 284 Å². The summed E-state index contributed by atoms with van der Waals surface area (Å²) in [6.45, 7) is 0.777. The van der Waals surface area contributed by atoms with E-state index >= 15 is 0 Å². The third-order valence-corrected chi connectivity index (χ3v) is 7.67. The smallest absolute Gasteiger partial charge is 0.326 e. The molecule has 0 saturated heterocycles. The Morgan fingerprint density at radius 3 is 1.82 bits per heavy atom. The number of unbranched alkanes of at least 4 members (excludes halogenated alkanes) is 2. The molecule has 270 valence electrons. The fraction of sp³-hybridized carbons (Fsp3) is 0.531. The molecule has 0 aliphatic heterocycles. The maximum Gasteiger partial charge on any atom is 0.326 e. The van der Waals surface area contributed by atoms with Gasteiger partial charge in [0.05, 0.1) is 12.4 Å². The van der Waals surface area contributed by atoms with Gasteiger partial charge >= 0.3 is 11.9 Å². The fourth-order valence-electron chi connectivity index (χ4n) is 4.91. The number of nitrogens with one attached hydrogen (secondary N) is 5. The summed E-state index contributed by atoms with van der Waals surface area (Å²) in [4.78, 5) is 83.7. The van der Waals surface area contributed by atoms with Gasteiger partial charge in [-0.1, -0.05) is 36.8 Å². The molecule has 1 heterocycles. The molecule has 1 aromatic heterocycles. The summed E-state index contributed by atoms with van der Waals surface area (Å²) in [6, 6.07) is 2.75. The monoisotopic (exact) mass is 687 g/mol. The minimum atomic E-state index is -1.45. The minimum Gasteiger partial charge on any atom is -0.481 e. The number of carbonyl (C=O) groups excluding carboxylic acids is 4. The number of carbonyl (C=O) groups is 6. The van der Waals surface area contributed by atoms with E-state index < -0.39 is 72.2 Å². The van der Waals surface area contributed by atoms with E-state index in [2.05, 4.69) is 31.2 Å². The number of carboxylic acids is 2. The van der Waals surface area contributed by atoms with Gasteiger partial charge < -0.3 is 53.7 Å². The number of H-pyrrole nitrogens is 1. The molecule has 0 radical (unpaired) electrons. The number of carboxylic acid groups (broad SMARTS) is 2. The highest BCUT2D eigenvalue weighted by atomic mass is 16.4. The summed E-state index contributed by atoms with van der Waals surface area (Å²) < 4.78 is 0. The predicted molar refractivity (Wildman–Crippen MR) is 178 cm³/mol. The molecule has 17 heteroatoms. The number of nitrogens with zero attached hydrogens (tertiary/aromatic N) is 1. The van der Waals surface area contributed by atoms with Gasteiger partial charge in [-0.05, 0) is 57.2 Å². The van der Waals surface area contributed by atoms with E-state index in [4.69, 9.17) is 17.2 Å². The number of aliphatic carboxylic acids is 2. The van der Waals surface area contributed by atoms with E-state index in [1.807, 2.05) is 0 Å². The Morgan fingerprint density at radius 2 is 1.24 bits per heavy atom. The molecular weight excluding hydrogens is 638 g/mol. The number of benzene rings is 1. The maximum absolute atomic E-state index is 13.8. The zero-order valence-corrected chi connectivity index (χ0v) is 27.4. The van der Waals surface area contributed by atoms with Gasteiger partial charge in [-0.25, -0.2) is 9.78 Å². The minimum absolute atomic E-state index is 0.0662. The first-order chi connectivity index (χ1) is 23.4. The van der Waals surface area contributed by atoms with Crippen molar-refractivity contribution in [2.75, 3.05) is 13.1 Å². The average molecular weight is 688 g/mol. The van der Waals surface area contributed by atoms with Gasteiger partial charge in [-0.3, -0.25) is 24.0 Å². The molecule has 13 N–H and O–H groups in total. The summed E-state index contributed by atoms with van der Waals surface area (Å²) in [5.74, 6) is -5.58. The number of imidazole rings is 1. The van der Waals surface area contributed by atoms with Crippen LogP contribution in [0.15, 0.2) is 42.9 Å². The SMILES string of the molecule is NCCCC[C@H](NC(=O)[C@H](CCC(=O)O)NC(=O)[C@H](Cc1cnc[nH]1)NC(=O)[C@H](Cc1ccccc1)NC(=O)[C@@H](N)CCCCN)C(=O)O. The highest BCUT2D eigenvalue weighted by Crippen LogP contribution is 2.09. The largest absolute Gasteiger partial charge is 0.481 e. The molecule has 0 fully saturated rings. The summed E-state index contributed by atoms with van der Waals surface area (Å²) in [6.07, 6.45) is 4.53. The van der Waals surface area contributed by atoms with Gasteiger partial charge in [0, 0.05) is 31.2 Å². The second-order valence-corrected chi connectivity index (χ2v) is 11.7. The lowest BCUT2D eigenvalue weighted by molar-refractivity contribution is -0.143. The van der Waals surface area contributed by atoms with E-state index in [0.29, 0.717) is 50.9 Å². The topological polar surface area (TPSA) is 298 Å². The van der Waals surface area contributed by atoms with E-state index in [-0.39, 0.29) is 25.7 Å². The fourth-order valence-corrected chi connectivity index (χ4v) is 4.91. The molecule has 0 bridgehead atoms. The van der Waals surface area contributed by atoms with Gasteiger partial charge in [0.1, 0.15) is 24.2 Å². The molecule has 0 spiro atoms. The maximum atomic E-state index is 13.8. The highest BCUT2D eigenvalue weighted by Gasteiger charge is 2.32. The van der Waals surface area contributed by atoms with Crippen LogP contribution in [-0.2, 0) is 41.6 Å². The van der Waals surface area contributed by atoms with E-state index in [0.717, 1.165) is 5.56 Å². The number of hydrogen-bond acceptors (Lipinski definition) is 10. The highest BCUT2D eigenvalue weighted by molar-refractivity contribution is 5.95. The molecule has 5 atom stereocenters. The standard InChI is InChI=1S/C32H49N9O8/c33-14-6-4-10-22(35)28(44)40-25(16-20-8-2-1-3-9-20)30(46)41-26(17-21-18-36-19-37-21)31(47)38-23(12-13-27(42)43)29(45)39-24(32(48)49)11-5-7-15-34/h1-3,8-9,18-19,22-26H,4-7,10-17,33-35H2,(H,36,37)(H,38,47)(H,39,45)(H,40,44)(H,41,46)(H,42,43)(H,48,49)/t22-,23-,24-,25-,26-/m0/s1. The summed E-state index contributed by atoms with van der Waals surface area (Å²) in [5.41, 5.74) is 18.3. The van der Waals surface area contributed by atoms with Crippen molar-refractivity contribution in [2.45, 2.75) is 94.4 Å². The summed E-state index contributed by atoms with van der Waals surface area (Å²) >= 11 is 0. The van der Waals surface area contributed by atoms with Crippen LogP contribution in [0.25, 0.3) is 0 Å². The van der Waals surface area contributed by atoms with Crippen molar-refractivity contribution in [1.82, 2.24) is 31.2 Å². The molecule has 1 aromatic carbocycles. The average Bonchev–Trinajstić information content (AvgIpc) is 3.59. The quantitative estimate of drug-likeness (QED) is 0.0574. The predicted octanol–water partition coefficient (Wildman–Crippen LogP) is -1.33. The van der Waals surface area contributed by atoms with Crippen LogP contribution in [0.3, 0.4) is 0 Å². The van der Waals surface area contributed by atoms with Crippen LogP contribution in [-0.4, -0.2) is 99.0 Å². The van der Waals surface area contributed by atoms with Gasteiger partial charge in [0.2, 0.25) is 23.6 Å². The zero-order valence-electron chi connectivity index (χ0n) is 27.4. The molecule has 0 unspecified atom stereocenters. The molecular formula is C32H49N9O8. The van der Waals surface area contributed by atoms with Gasteiger partial charge in [0.15, 0.2) is 0 Å². The molecule has 0 aliphatic carbocycles. The normalized spacial score (nSPS) is 14.0. The molecule has 49 heavy (non-hydrogen) atoms. The lowest BCUT2D eigenvalue weighted by Crippen LogP contribution is -2.59. The van der Waals surface area contributed by atoms with Crippen molar-refractivity contribution < 1.29 is 39.0 Å². The van der Waals surface area contributed by atoms with E-state index in [1.165, 1.54) is 12.5 Å². The Bertz CT molecular complexity index is 1340. The third-order valence-electron chi connectivity index (χ3n) is 7.67. The molecule has 0 saturated carbocycles. The van der Waals surface area contributed by atoms with Crippen LogP contribution in [0.2, 0.25) is 0 Å². The lowest BCUT2D eigenvalue weighted by Gasteiger charge is -2.26. The molecule has 17 nitrogen and oxygen atoms in total. The van der Waals surface area contributed by atoms with Crippen molar-refractivity contribution in [3.05, 3.63) is 54.1 Å². The number of hydrogen-bond donors (Lipinski definition) is 10. The first kappa shape index (κ1) is 40.3. The van der Waals surface area contributed by atoms with Crippen molar-refractivity contribution in [1.29, 1.82) is 0 Å². The second-order valence-electron chi connectivity index (χ2n) is 11.7.